The third kappa shape index (κ3) is 4.81. The summed E-state index contributed by atoms with van der Waals surface area (Å²) in [7, 11) is 1.56. The number of fused-ring (bicyclic) bond motifs is 1. The lowest BCUT2D eigenvalue weighted by molar-refractivity contribution is 0.0445. The summed E-state index contributed by atoms with van der Waals surface area (Å²) in [5.74, 6) is 0.0920. The largest absolute Gasteiger partial charge is 0.395 e. The van der Waals surface area contributed by atoms with Gasteiger partial charge in [-0.15, -0.1) is 0 Å². The lowest BCUT2D eigenvalue weighted by atomic mass is 9.96. The van der Waals surface area contributed by atoms with Crippen molar-refractivity contribution in [1.29, 1.82) is 0 Å². The number of rotatable bonds is 9. The summed E-state index contributed by atoms with van der Waals surface area (Å²) in [4.78, 5) is 8.67. The van der Waals surface area contributed by atoms with Crippen molar-refractivity contribution in [2.45, 2.75) is 45.5 Å². The molecule has 0 saturated heterocycles. The number of ether oxygens (including phenoxy) is 1. The van der Waals surface area contributed by atoms with E-state index in [-0.39, 0.29) is 5.92 Å². The van der Waals surface area contributed by atoms with E-state index in [4.69, 9.17) is 9.57 Å². The van der Waals surface area contributed by atoms with Crippen LogP contribution < -0.4 is 0 Å². The summed E-state index contributed by atoms with van der Waals surface area (Å²) in [6.07, 6.45) is 0.158. The van der Waals surface area contributed by atoms with Gasteiger partial charge < -0.3 is 24.8 Å². The van der Waals surface area contributed by atoms with E-state index >= 15 is 0 Å². The Hall–Kier alpha value is -1.89. The fourth-order valence-electron chi connectivity index (χ4n) is 2.87. The van der Waals surface area contributed by atoms with Gasteiger partial charge >= 0.3 is 0 Å². The second-order valence-electron chi connectivity index (χ2n) is 6.54. The van der Waals surface area contributed by atoms with Crippen LogP contribution in [0.5, 0.6) is 0 Å². The van der Waals surface area contributed by atoms with Crippen molar-refractivity contribution in [3.8, 4) is 0 Å². The summed E-state index contributed by atoms with van der Waals surface area (Å²) in [5.41, 5.74) is 2.55. The minimum Gasteiger partial charge on any atom is -0.395 e. The molecule has 0 aliphatic carbocycles. The Morgan fingerprint density at radius 3 is 2.56 bits per heavy atom. The number of oxime groups is 1. The second-order valence-corrected chi connectivity index (χ2v) is 6.54. The molecule has 6 heteroatoms. The minimum atomic E-state index is -1.12. The highest BCUT2D eigenvalue weighted by atomic mass is 16.6. The normalized spacial score (nSPS) is 16.2. The van der Waals surface area contributed by atoms with E-state index in [9.17, 15) is 10.2 Å². The number of aliphatic hydroxyl groups excluding tert-OH is 2. The van der Waals surface area contributed by atoms with Gasteiger partial charge in [0.05, 0.1) is 6.10 Å². The topological polar surface area (TPSA) is 87.1 Å². The molecule has 1 aromatic carbocycles. The van der Waals surface area contributed by atoms with Crippen molar-refractivity contribution in [2.24, 2.45) is 11.1 Å². The van der Waals surface area contributed by atoms with Gasteiger partial charge in [-0.1, -0.05) is 37.2 Å². The van der Waals surface area contributed by atoms with Gasteiger partial charge in [-0.3, -0.25) is 0 Å². The Balaban J connectivity index is 2.05. The van der Waals surface area contributed by atoms with Crippen LogP contribution in [0.2, 0.25) is 0 Å². The van der Waals surface area contributed by atoms with E-state index in [2.05, 4.69) is 16.2 Å². The maximum Gasteiger partial charge on any atom is 0.124 e. The number of aromatic amines is 1. The molecule has 0 aliphatic heterocycles. The van der Waals surface area contributed by atoms with Crippen LogP contribution >= 0.6 is 0 Å². The molecule has 1 heterocycles. The number of aromatic nitrogens is 1. The van der Waals surface area contributed by atoms with Crippen molar-refractivity contribution < 1.29 is 19.8 Å². The molecule has 0 amide bonds. The number of hydrogen-bond donors (Lipinski definition) is 3. The third-order valence-corrected chi connectivity index (χ3v) is 4.22. The number of nitrogens with one attached hydrogen (secondary N) is 1. The zero-order valence-corrected chi connectivity index (χ0v) is 15.3. The number of para-hydroxylation sites is 1. The highest BCUT2D eigenvalue weighted by Gasteiger charge is 2.29. The van der Waals surface area contributed by atoms with E-state index in [0.717, 1.165) is 16.5 Å². The summed E-state index contributed by atoms with van der Waals surface area (Å²) in [6, 6.07) is 8.08. The lowest BCUT2D eigenvalue weighted by Gasteiger charge is -2.25. The van der Waals surface area contributed by atoms with Crippen LogP contribution in [-0.2, 0) is 16.0 Å². The lowest BCUT2D eigenvalue weighted by Crippen LogP contribution is -2.42. The standard InChI is InChI=1S/C19H28N2O4/c1-12(2)19(24-4)17(18(23)13(3)22)21-25-10-9-14-11-20-16-8-6-5-7-15(14)16/h5-8,11-13,18-20,22-23H,9-10H2,1-4H3/b21-17-/t13-,18+,19+/m1/s1. The van der Waals surface area contributed by atoms with E-state index in [1.54, 1.807) is 7.11 Å². The Morgan fingerprint density at radius 1 is 1.20 bits per heavy atom. The summed E-state index contributed by atoms with van der Waals surface area (Å²) in [5, 5.41) is 25.2. The molecule has 3 atom stereocenters. The first kappa shape index (κ1) is 19.4. The van der Waals surface area contributed by atoms with E-state index in [1.807, 2.05) is 38.2 Å². The molecule has 0 spiro atoms. The Labute approximate surface area is 148 Å². The molecule has 138 valence electrons. The third-order valence-electron chi connectivity index (χ3n) is 4.22. The smallest absolute Gasteiger partial charge is 0.124 e. The molecule has 0 saturated carbocycles. The van der Waals surface area contributed by atoms with Gasteiger partial charge in [0.25, 0.3) is 0 Å². The molecule has 0 fully saturated rings. The number of methoxy groups -OCH3 is 1. The van der Waals surface area contributed by atoms with Crippen LogP contribution in [-0.4, -0.2) is 52.9 Å². The van der Waals surface area contributed by atoms with Gasteiger partial charge in [0.15, 0.2) is 0 Å². The Bertz CT molecular complexity index is 694. The molecule has 25 heavy (non-hydrogen) atoms. The highest BCUT2D eigenvalue weighted by molar-refractivity contribution is 5.92. The molecule has 2 aromatic rings. The van der Waals surface area contributed by atoms with E-state index in [0.29, 0.717) is 18.7 Å². The highest BCUT2D eigenvalue weighted by Crippen LogP contribution is 2.18. The van der Waals surface area contributed by atoms with Crippen molar-refractivity contribution >= 4 is 16.6 Å². The second kappa shape index (κ2) is 8.99. The van der Waals surface area contributed by atoms with Gasteiger partial charge in [0, 0.05) is 30.6 Å². The summed E-state index contributed by atoms with van der Waals surface area (Å²) in [6.45, 7) is 5.81. The predicted octanol–water partition coefficient (Wildman–Crippen LogP) is 2.50. The van der Waals surface area contributed by atoms with Crippen molar-refractivity contribution in [3.05, 3.63) is 36.0 Å². The van der Waals surface area contributed by atoms with Crippen LogP contribution in [0.15, 0.2) is 35.6 Å². The predicted molar refractivity (Wildman–Crippen MR) is 98.7 cm³/mol. The summed E-state index contributed by atoms with van der Waals surface area (Å²) < 4.78 is 5.42. The molecule has 0 radical (unpaired) electrons. The monoisotopic (exact) mass is 348 g/mol. The summed E-state index contributed by atoms with van der Waals surface area (Å²) >= 11 is 0. The molecule has 3 N–H and O–H groups in total. The molecular weight excluding hydrogens is 320 g/mol. The Kier molecular flexibility index (Phi) is 6.99. The number of nitrogens with zero attached hydrogens (tertiary/aromatic N) is 1. The van der Waals surface area contributed by atoms with E-state index < -0.39 is 18.3 Å². The molecular formula is C19H28N2O4. The quantitative estimate of drug-likeness (QED) is 0.369. The average Bonchev–Trinajstić information content (AvgIpc) is 2.99. The number of benzene rings is 1. The van der Waals surface area contributed by atoms with Gasteiger partial charge in [-0.05, 0) is 24.5 Å². The molecule has 0 unspecified atom stereocenters. The fourth-order valence-corrected chi connectivity index (χ4v) is 2.87. The first-order valence-electron chi connectivity index (χ1n) is 8.59. The fraction of sp³-hybridized carbons (Fsp3) is 0.526. The molecule has 2 rings (SSSR count). The van der Waals surface area contributed by atoms with Crippen LogP contribution in [0.1, 0.15) is 26.3 Å². The van der Waals surface area contributed by atoms with Crippen LogP contribution in [0.4, 0.5) is 0 Å². The first-order chi connectivity index (χ1) is 12.0. The first-order valence-corrected chi connectivity index (χ1v) is 8.59. The van der Waals surface area contributed by atoms with Gasteiger partial charge in [0.2, 0.25) is 0 Å². The number of hydrogen-bond acceptors (Lipinski definition) is 5. The zero-order valence-electron chi connectivity index (χ0n) is 15.3. The molecule has 6 nitrogen and oxygen atoms in total. The maximum atomic E-state index is 10.2. The van der Waals surface area contributed by atoms with Gasteiger partial charge in [-0.2, -0.15) is 0 Å². The van der Waals surface area contributed by atoms with Crippen molar-refractivity contribution in [1.82, 2.24) is 4.98 Å². The number of aliphatic hydroxyl groups is 2. The molecule has 0 bridgehead atoms. The van der Waals surface area contributed by atoms with Crippen molar-refractivity contribution in [2.75, 3.05) is 13.7 Å². The van der Waals surface area contributed by atoms with Crippen LogP contribution in [0, 0.1) is 5.92 Å². The van der Waals surface area contributed by atoms with Gasteiger partial charge in [0.1, 0.15) is 24.5 Å². The average molecular weight is 348 g/mol. The minimum absolute atomic E-state index is 0.0920. The SMILES string of the molecule is CO[C@H](/C(=N\OCCc1c[nH]c2ccccc12)[C@@H](O)[C@@H](C)O)C(C)C. The van der Waals surface area contributed by atoms with Crippen LogP contribution in [0.3, 0.4) is 0 Å². The van der Waals surface area contributed by atoms with Gasteiger partial charge in [-0.25, -0.2) is 0 Å². The Morgan fingerprint density at radius 2 is 1.92 bits per heavy atom. The molecule has 0 aliphatic rings. The molecule has 1 aromatic heterocycles. The van der Waals surface area contributed by atoms with Crippen LogP contribution in [0.25, 0.3) is 10.9 Å². The zero-order chi connectivity index (χ0) is 18.4. The van der Waals surface area contributed by atoms with Crippen molar-refractivity contribution in [3.63, 3.8) is 0 Å². The maximum absolute atomic E-state index is 10.2. The van der Waals surface area contributed by atoms with E-state index in [1.165, 1.54) is 6.92 Å². The number of H-pyrrole nitrogens is 1.